The molecule has 0 rings (SSSR count). The third-order valence-electron chi connectivity index (χ3n) is 13.2. The molecule has 406 valence electrons. The quantitative estimate of drug-likeness (QED) is 0.0261. The summed E-state index contributed by atoms with van der Waals surface area (Å²) in [5.41, 5.74) is 0. The Kier molecular flexibility index (Phi) is 56.3. The van der Waals surface area contributed by atoms with Gasteiger partial charge < -0.3 is 14.2 Å². The molecule has 1 unspecified atom stereocenters. The van der Waals surface area contributed by atoms with Crippen molar-refractivity contribution in [3.05, 3.63) is 60.8 Å². The second-order valence-corrected chi connectivity index (χ2v) is 20.2. The highest BCUT2D eigenvalue weighted by Crippen LogP contribution is 2.16. The molecule has 6 heteroatoms. The van der Waals surface area contributed by atoms with E-state index in [1.54, 1.807) is 0 Å². The Morgan fingerprint density at radius 3 is 0.829 bits per heavy atom. The molecule has 0 aliphatic carbocycles. The van der Waals surface area contributed by atoms with Gasteiger partial charge in [0.15, 0.2) is 6.10 Å². The number of rotatable bonds is 55. The summed E-state index contributed by atoms with van der Waals surface area (Å²) in [6, 6.07) is 0. The van der Waals surface area contributed by atoms with Crippen molar-refractivity contribution in [2.75, 3.05) is 13.2 Å². The zero-order chi connectivity index (χ0) is 50.7. The molecule has 0 aromatic carbocycles. The average molecular weight is 980 g/mol. The molecule has 6 nitrogen and oxygen atoms in total. The fourth-order valence-electron chi connectivity index (χ4n) is 8.62. The molecule has 0 radical (unpaired) electrons. The standard InChI is InChI=1S/C64H114O6/c1-4-7-10-13-16-19-22-25-28-29-30-31-32-33-34-35-37-39-42-45-48-51-54-57-63(66)69-60-61(59-68-62(65)56-53-50-47-44-41-38-27-24-21-18-15-12-9-6-3)70-64(67)58-55-52-49-46-43-40-36-26-23-20-17-14-11-8-5-2/h17,20,22,24-27,29-30,36,61H,4-16,18-19,21,23,28,31-35,37-60H2,1-3H3/b20-17-,25-22-,27-24-,30-29-,36-26-. The molecule has 0 aromatic rings. The number of carbonyl (C=O) groups excluding carboxylic acids is 3. The third-order valence-corrected chi connectivity index (χ3v) is 13.2. The molecule has 0 saturated carbocycles. The minimum absolute atomic E-state index is 0.0824. The zero-order valence-corrected chi connectivity index (χ0v) is 46.5. The van der Waals surface area contributed by atoms with E-state index in [4.69, 9.17) is 14.2 Å². The van der Waals surface area contributed by atoms with E-state index in [0.29, 0.717) is 19.3 Å². The lowest BCUT2D eigenvalue weighted by molar-refractivity contribution is -0.167. The highest BCUT2D eigenvalue weighted by atomic mass is 16.6. The van der Waals surface area contributed by atoms with Crippen LogP contribution < -0.4 is 0 Å². The summed E-state index contributed by atoms with van der Waals surface area (Å²) in [5, 5.41) is 0. The maximum absolute atomic E-state index is 12.9. The van der Waals surface area contributed by atoms with Crippen LogP contribution in [0.4, 0.5) is 0 Å². The molecular weight excluding hydrogens is 865 g/mol. The van der Waals surface area contributed by atoms with E-state index in [9.17, 15) is 14.4 Å². The molecule has 0 spiro atoms. The minimum Gasteiger partial charge on any atom is -0.462 e. The minimum atomic E-state index is -0.786. The van der Waals surface area contributed by atoms with E-state index in [0.717, 1.165) is 96.3 Å². The number of hydrogen-bond acceptors (Lipinski definition) is 6. The van der Waals surface area contributed by atoms with Crippen molar-refractivity contribution >= 4 is 17.9 Å². The fraction of sp³-hybridized carbons (Fsp3) is 0.797. The SMILES string of the molecule is CCCCC/C=C\C/C=C\CCCCCCCC(=O)OC(COC(=O)CCCCCCC/C=C\CCCCCCC)COC(=O)CCCCCCCCCCCCC/C=C\C/C=C\CCCCCCC. The van der Waals surface area contributed by atoms with E-state index in [1.165, 1.54) is 173 Å². The topological polar surface area (TPSA) is 78.9 Å². The third kappa shape index (κ3) is 56.0. The van der Waals surface area contributed by atoms with Crippen LogP contribution in [0, 0.1) is 0 Å². The first-order valence-electron chi connectivity index (χ1n) is 30.3. The van der Waals surface area contributed by atoms with Gasteiger partial charge in [-0.15, -0.1) is 0 Å². The largest absolute Gasteiger partial charge is 0.462 e. The molecule has 0 aromatic heterocycles. The summed E-state index contributed by atoms with van der Waals surface area (Å²) in [5.74, 6) is -0.895. The molecule has 0 N–H and O–H groups in total. The van der Waals surface area contributed by atoms with Crippen LogP contribution in [0.1, 0.15) is 310 Å². The number of hydrogen-bond donors (Lipinski definition) is 0. The van der Waals surface area contributed by atoms with Gasteiger partial charge in [-0.1, -0.05) is 242 Å². The molecule has 0 aliphatic rings. The Bertz CT molecular complexity index is 1260. The summed E-state index contributed by atoms with van der Waals surface area (Å²) in [4.78, 5) is 38.2. The van der Waals surface area contributed by atoms with E-state index in [2.05, 4.69) is 81.5 Å². The van der Waals surface area contributed by atoms with Gasteiger partial charge in [0, 0.05) is 19.3 Å². The van der Waals surface area contributed by atoms with Crippen LogP contribution in [0.15, 0.2) is 60.8 Å². The molecule has 0 bridgehead atoms. The van der Waals surface area contributed by atoms with Crippen LogP contribution >= 0.6 is 0 Å². The second kappa shape index (κ2) is 58.7. The predicted octanol–water partition coefficient (Wildman–Crippen LogP) is 20.4. The molecule has 0 heterocycles. The van der Waals surface area contributed by atoms with Crippen LogP contribution in [-0.2, 0) is 28.6 Å². The first-order chi connectivity index (χ1) is 34.5. The lowest BCUT2D eigenvalue weighted by atomic mass is 10.0. The van der Waals surface area contributed by atoms with Crippen LogP contribution in [0.5, 0.6) is 0 Å². The lowest BCUT2D eigenvalue weighted by Gasteiger charge is -2.18. The molecular formula is C64H114O6. The Morgan fingerprint density at radius 2 is 0.514 bits per heavy atom. The molecule has 0 aliphatic heterocycles. The van der Waals surface area contributed by atoms with Gasteiger partial charge in [-0.05, 0) is 109 Å². The van der Waals surface area contributed by atoms with Crippen LogP contribution in [0.25, 0.3) is 0 Å². The normalized spacial score (nSPS) is 12.4. The highest BCUT2D eigenvalue weighted by Gasteiger charge is 2.19. The maximum Gasteiger partial charge on any atom is 0.306 e. The van der Waals surface area contributed by atoms with Crippen LogP contribution in [0.2, 0.25) is 0 Å². The average Bonchev–Trinajstić information content (AvgIpc) is 3.36. The molecule has 0 amide bonds. The lowest BCUT2D eigenvalue weighted by Crippen LogP contribution is -2.30. The number of allylic oxidation sites excluding steroid dienone is 10. The summed E-state index contributed by atoms with van der Waals surface area (Å²) in [6.45, 7) is 6.60. The van der Waals surface area contributed by atoms with E-state index in [-0.39, 0.29) is 31.1 Å². The number of esters is 3. The van der Waals surface area contributed by atoms with Gasteiger partial charge in [0.25, 0.3) is 0 Å². The zero-order valence-electron chi connectivity index (χ0n) is 46.5. The molecule has 70 heavy (non-hydrogen) atoms. The first-order valence-corrected chi connectivity index (χ1v) is 30.3. The molecule has 0 saturated heterocycles. The van der Waals surface area contributed by atoms with Crippen molar-refractivity contribution in [1.29, 1.82) is 0 Å². The maximum atomic E-state index is 12.9. The van der Waals surface area contributed by atoms with E-state index >= 15 is 0 Å². The summed E-state index contributed by atoms with van der Waals surface area (Å²) < 4.78 is 16.9. The van der Waals surface area contributed by atoms with E-state index in [1.807, 2.05) is 0 Å². The predicted molar refractivity (Wildman–Crippen MR) is 302 cm³/mol. The van der Waals surface area contributed by atoms with Crippen LogP contribution in [-0.4, -0.2) is 37.2 Å². The van der Waals surface area contributed by atoms with Crippen molar-refractivity contribution in [3.8, 4) is 0 Å². The van der Waals surface area contributed by atoms with Gasteiger partial charge >= 0.3 is 17.9 Å². The first kappa shape index (κ1) is 67.1. The summed E-state index contributed by atoms with van der Waals surface area (Å²) in [7, 11) is 0. The Morgan fingerprint density at radius 1 is 0.286 bits per heavy atom. The summed E-state index contributed by atoms with van der Waals surface area (Å²) in [6.07, 6.45) is 73.6. The van der Waals surface area contributed by atoms with Crippen molar-refractivity contribution in [3.63, 3.8) is 0 Å². The van der Waals surface area contributed by atoms with Crippen molar-refractivity contribution in [2.45, 2.75) is 316 Å². The Hall–Kier alpha value is -2.89. The second-order valence-electron chi connectivity index (χ2n) is 20.2. The smallest absolute Gasteiger partial charge is 0.306 e. The van der Waals surface area contributed by atoms with Gasteiger partial charge in [-0.25, -0.2) is 0 Å². The van der Waals surface area contributed by atoms with Crippen molar-refractivity contribution in [1.82, 2.24) is 0 Å². The fourth-order valence-corrected chi connectivity index (χ4v) is 8.62. The van der Waals surface area contributed by atoms with Crippen LogP contribution in [0.3, 0.4) is 0 Å². The monoisotopic (exact) mass is 979 g/mol. The number of carbonyl (C=O) groups is 3. The molecule has 0 fully saturated rings. The summed E-state index contributed by atoms with van der Waals surface area (Å²) >= 11 is 0. The van der Waals surface area contributed by atoms with Gasteiger partial charge in [0.1, 0.15) is 13.2 Å². The number of unbranched alkanes of at least 4 members (excludes halogenated alkanes) is 34. The van der Waals surface area contributed by atoms with E-state index < -0.39 is 6.10 Å². The Labute approximate surface area is 434 Å². The van der Waals surface area contributed by atoms with Gasteiger partial charge in [-0.2, -0.15) is 0 Å². The van der Waals surface area contributed by atoms with Crippen molar-refractivity contribution < 1.29 is 28.6 Å². The highest BCUT2D eigenvalue weighted by molar-refractivity contribution is 5.71. The van der Waals surface area contributed by atoms with Gasteiger partial charge in [0.05, 0.1) is 0 Å². The molecule has 1 atom stereocenters. The number of ether oxygens (including phenoxy) is 3. The van der Waals surface area contributed by atoms with Gasteiger partial charge in [-0.3, -0.25) is 14.4 Å². The van der Waals surface area contributed by atoms with Gasteiger partial charge in [0.2, 0.25) is 0 Å². The van der Waals surface area contributed by atoms with Crippen molar-refractivity contribution in [2.24, 2.45) is 0 Å². The Balaban J connectivity index is 4.33.